The Hall–Kier alpha value is -1.32. The fraction of sp³-hybridized carbons (Fsp3) is 0.125. The molecule has 0 aliphatic carbocycles. The van der Waals surface area contributed by atoms with Gasteiger partial charge in [0.15, 0.2) is 0 Å². The number of hydrogen-bond acceptors (Lipinski definition) is 2. The largest absolute Gasteiger partial charge is 3.00 e. The Morgan fingerprint density at radius 1 is 0.900 bits per heavy atom. The van der Waals surface area contributed by atoms with E-state index >= 15 is 0 Å². The number of fused-ring (bicyclic) bond motifs is 1. The average molecular weight is 337 g/mol. The van der Waals surface area contributed by atoms with Crippen LogP contribution in [0.2, 0.25) is 0 Å². The molecule has 0 aliphatic rings. The molecular weight excluding hydrogens is 323 g/mol. The molecule has 0 radical (unpaired) electrons. The zero-order chi connectivity index (χ0) is 13.1. The van der Waals surface area contributed by atoms with Crippen LogP contribution in [0.4, 0.5) is 5.82 Å². The van der Waals surface area contributed by atoms with Crippen LogP contribution in [0.3, 0.4) is 0 Å². The summed E-state index contributed by atoms with van der Waals surface area (Å²) in [5, 5.41) is 2.05. The molecule has 0 atom stereocenters. The number of rotatable bonds is 3. The molecule has 20 heavy (non-hydrogen) atoms. The van der Waals surface area contributed by atoms with Crippen molar-refractivity contribution < 1.29 is 32.7 Å². The third-order valence-electron chi connectivity index (χ3n) is 3.28. The van der Waals surface area contributed by atoms with E-state index in [1.165, 1.54) is 11.1 Å². The minimum Gasteiger partial charge on any atom is -0.482 e. The molecule has 0 fully saturated rings. The summed E-state index contributed by atoms with van der Waals surface area (Å²) in [5.74, 6) is 0.348. The van der Waals surface area contributed by atoms with Gasteiger partial charge in [-0.15, -0.1) is 0 Å². The van der Waals surface area contributed by atoms with Crippen LogP contribution in [-0.4, -0.2) is 9.97 Å². The van der Waals surface area contributed by atoms with Crippen molar-refractivity contribution in [2.75, 3.05) is 0 Å². The Morgan fingerprint density at radius 2 is 1.70 bits per heavy atom. The monoisotopic (exact) mass is 337 g/mol. The number of nitrogens with zero attached hydrogens (tertiary/aromatic N) is 2. The van der Waals surface area contributed by atoms with Gasteiger partial charge in [0.25, 0.3) is 0 Å². The molecule has 4 heteroatoms. The fourth-order valence-electron chi connectivity index (χ4n) is 2.28. The fourth-order valence-corrected chi connectivity index (χ4v) is 2.28. The van der Waals surface area contributed by atoms with Gasteiger partial charge in [-0.3, -0.25) is 4.98 Å². The molecule has 3 aromatic rings. The van der Waals surface area contributed by atoms with Gasteiger partial charge in [0.2, 0.25) is 0 Å². The molecule has 3 rings (SSSR count). The second kappa shape index (κ2) is 6.91. The molecule has 0 saturated heterocycles. The topological polar surface area (TPSA) is 49.6 Å². The first-order chi connectivity index (χ1) is 9.34. The minimum atomic E-state index is 0. The third-order valence-corrected chi connectivity index (χ3v) is 3.28. The van der Waals surface area contributed by atoms with Crippen molar-refractivity contribution in [1.29, 1.82) is 0 Å². The van der Waals surface area contributed by atoms with Crippen LogP contribution in [-0.2, 0) is 45.6 Å². The maximum atomic E-state index is 7.84. The van der Waals surface area contributed by atoms with Gasteiger partial charge in [-0.05, 0) is 40.8 Å². The molecule has 94 valence electrons. The number of hydrogen-bond donors (Lipinski definition) is 0. The van der Waals surface area contributed by atoms with Gasteiger partial charge < -0.3 is 10.7 Å². The van der Waals surface area contributed by atoms with Crippen molar-refractivity contribution in [1.82, 2.24) is 9.97 Å². The standard InChI is InChI=1S/C16H14N3.Y/c17-16-15-6-2-1-5-14(15)13(11-19-16)8-7-12-4-3-9-18-10-12;/h1-6,9-11H,7-8H2,(H-,17,19);/q-1;+3. The van der Waals surface area contributed by atoms with Crippen molar-refractivity contribution in [3.8, 4) is 0 Å². The molecule has 0 aliphatic heterocycles. The quantitative estimate of drug-likeness (QED) is 0.723. The molecule has 0 bridgehead atoms. The van der Waals surface area contributed by atoms with E-state index in [0.717, 1.165) is 23.6 Å². The number of nitrogens with one attached hydrogen (secondary N) is 1. The van der Waals surface area contributed by atoms with Gasteiger partial charge in [0.05, 0.1) is 0 Å². The maximum Gasteiger partial charge on any atom is 3.00 e. The number of aryl methyl sites for hydroxylation is 2. The van der Waals surface area contributed by atoms with Crippen LogP contribution in [0.1, 0.15) is 11.1 Å². The van der Waals surface area contributed by atoms with Crippen molar-refractivity contribution in [2.24, 2.45) is 0 Å². The van der Waals surface area contributed by atoms with Crippen LogP contribution < -0.4 is 0 Å². The number of aromatic nitrogens is 2. The van der Waals surface area contributed by atoms with Gasteiger partial charge in [0, 0.05) is 12.4 Å². The molecule has 3 nitrogen and oxygen atoms in total. The molecule has 2 aromatic heterocycles. The molecule has 0 amide bonds. The number of pyridine rings is 2. The maximum absolute atomic E-state index is 7.84. The van der Waals surface area contributed by atoms with E-state index < -0.39 is 0 Å². The minimum absolute atomic E-state index is 0. The summed E-state index contributed by atoms with van der Waals surface area (Å²) < 4.78 is 0. The Labute approximate surface area is 143 Å². The van der Waals surface area contributed by atoms with Crippen molar-refractivity contribution in [3.05, 3.63) is 71.8 Å². The van der Waals surface area contributed by atoms with Gasteiger partial charge in [-0.25, -0.2) is 0 Å². The van der Waals surface area contributed by atoms with Crippen molar-refractivity contribution in [3.63, 3.8) is 0 Å². The van der Waals surface area contributed by atoms with Crippen LogP contribution in [0.15, 0.2) is 55.0 Å². The zero-order valence-corrected chi connectivity index (χ0v) is 13.9. The SMILES string of the molecule is [NH-]c1ncc(CCc2cccnc2)c2ccccc12.[Y+3]. The summed E-state index contributed by atoms with van der Waals surface area (Å²) in [6.45, 7) is 0. The van der Waals surface area contributed by atoms with E-state index in [1.54, 1.807) is 6.20 Å². The van der Waals surface area contributed by atoms with E-state index in [2.05, 4.69) is 22.1 Å². The first kappa shape index (κ1) is 15.1. The summed E-state index contributed by atoms with van der Waals surface area (Å²) in [5.41, 5.74) is 10.2. The zero-order valence-electron chi connectivity index (χ0n) is 11.1. The van der Waals surface area contributed by atoms with Crippen molar-refractivity contribution in [2.45, 2.75) is 12.8 Å². The van der Waals surface area contributed by atoms with Crippen LogP contribution in [0, 0.1) is 0 Å². The van der Waals surface area contributed by atoms with E-state index in [-0.39, 0.29) is 32.7 Å². The molecule has 1 N–H and O–H groups in total. The van der Waals surface area contributed by atoms with Crippen LogP contribution >= 0.6 is 0 Å². The van der Waals surface area contributed by atoms with E-state index in [0.29, 0.717) is 5.82 Å². The second-order valence-electron chi connectivity index (χ2n) is 4.54. The van der Waals surface area contributed by atoms with Gasteiger partial charge in [0.1, 0.15) is 0 Å². The van der Waals surface area contributed by atoms with E-state index in [4.69, 9.17) is 5.73 Å². The first-order valence-electron chi connectivity index (χ1n) is 6.32. The molecule has 0 unspecified atom stereocenters. The van der Waals surface area contributed by atoms with Crippen molar-refractivity contribution >= 4 is 16.6 Å². The summed E-state index contributed by atoms with van der Waals surface area (Å²) >= 11 is 0. The van der Waals surface area contributed by atoms with Gasteiger partial charge in [-0.1, -0.05) is 42.3 Å². The Morgan fingerprint density at radius 3 is 2.45 bits per heavy atom. The number of benzene rings is 1. The Balaban J connectivity index is 0.00000147. The summed E-state index contributed by atoms with van der Waals surface area (Å²) in [4.78, 5) is 8.30. The predicted octanol–water partition coefficient (Wildman–Crippen LogP) is 4.10. The molecule has 0 saturated carbocycles. The smallest absolute Gasteiger partial charge is 0.482 e. The summed E-state index contributed by atoms with van der Waals surface area (Å²) in [6.07, 6.45) is 7.36. The first-order valence-corrected chi connectivity index (χ1v) is 6.32. The Kier molecular flexibility index (Phi) is 5.21. The molecule has 1 aromatic carbocycles. The molecule has 0 spiro atoms. The molecule has 2 heterocycles. The Bertz CT molecular complexity index is 698. The predicted molar refractivity (Wildman–Crippen MR) is 77.4 cm³/mol. The normalized spacial score (nSPS) is 10.2. The van der Waals surface area contributed by atoms with Crippen LogP contribution in [0.25, 0.3) is 16.5 Å². The summed E-state index contributed by atoms with van der Waals surface area (Å²) in [7, 11) is 0. The van der Waals surface area contributed by atoms with Gasteiger partial charge in [-0.2, -0.15) is 0 Å². The van der Waals surface area contributed by atoms with E-state index in [1.807, 2.05) is 36.7 Å². The van der Waals surface area contributed by atoms with Gasteiger partial charge >= 0.3 is 32.7 Å². The van der Waals surface area contributed by atoms with E-state index in [9.17, 15) is 0 Å². The third kappa shape index (κ3) is 3.22. The summed E-state index contributed by atoms with van der Waals surface area (Å²) in [6, 6.07) is 12.0. The van der Waals surface area contributed by atoms with Crippen LogP contribution in [0.5, 0.6) is 0 Å². The average Bonchev–Trinajstić information content (AvgIpc) is 2.48. The second-order valence-corrected chi connectivity index (χ2v) is 4.54. The molecular formula is C16H14N3Y+2.